The third-order valence-electron chi connectivity index (χ3n) is 3.49. The SMILES string of the molecule is CCCCCCCCCCC[C@@H](O)[C@@H](C)[N+](=O)[O-]. The molecule has 0 saturated heterocycles. The summed E-state index contributed by atoms with van der Waals surface area (Å²) in [5, 5.41) is 20.0. The van der Waals surface area contributed by atoms with Crippen molar-refractivity contribution in [2.75, 3.05) is 0 Å². The average molecular weight is 259 g/mol. The van der Waals surface area contributed by atoms with Crippen LogP contribution in [0.5, 0.6) is 0 Å². The summed E-state index contributed by atoms with van der Waals surface area (Å²) in [6.45, 7) is 3.69. The first-order valence-corrected chi connectivity index (χ1v) is 7.41. The Hall–Kier alpha value is -0.640. The minimum Gasteiger partial charge on any atom is -0.386 e. The summed E-state index contributed by atoms with van der Waals surface area (Å²) < 4.78 is 0. The molecular weight excluding hydrogens is 230 g/mol. The Bertz CT molecular complexity index is 209. The molecule has 18 heavy (non-hydrogen) atoms. The average Bonchev–Trinajstić information content (AvgIpc) is 2.35. The summed E-state index contributed by atoms with van der Waals surface area (Å²) >= 11 is 0. The lowest BCUT2D eigenvalue weighted by Gasteiger charge is -2.11. The van der Waals surface area contributed by atoms with Crippen molar-refractivity contribution in [3.05, 3.63) is 10.1 Å². The first-order chi connectivity index (χ1) is 8.59. The normalized spacial score (nSPS) is 14.4. The van der Waals surface area contributed by atoms with Gasteiger partial charge in [0.1, 0.15) is 6.10 Å². The lowest BCUT2D eigenvalue weighted by Crippen LogP contribution is -2.30. The number of hydrogen-bond donors (Lipinski definition) is 1. The van der Waals surface area contributed by atoms with E-state index in [1.165, 1.54) is 51.9 Å². The molecule has 0 aromatic heterocycles. The van der Waals surface area contributed by atoms with Crippen molar-refractivity contribution in [1.82, 2.24) is 0 Å². The molecule has 0 fully saturated rings. The molecular formula is C14H29NO3. The van der Waals surface area contributed by atoms with Gasteiger partial charge in [0, 0.05) is 11.8 Å². The quantitative estimate of drug-likeness (QED) is 0.328. The third-order valence-corrected chi connectivity index (χ3v) is 3.49. The summed E-state index contributed by atoms with van der Waals surface area (Å²) in [6, 6.07) is -0.834. The summed E-state index contributed by atoms with van der Waals surface area (Å²) in [5.74, 6) is 0. The van der Waals surface area contributed by atoms with Crippen molar-refractivity contribution in [3.8, 4) is 0 Å². The Labute approximate surface area is 111 Å². The standard InChI is InChI=1S/C14H29NO3/c1-3-4-5-6-7-8-9-10-11-12-14(16)13(2)15(17)18/h13-14,16H,3-12H2,1-2H3/t13-,14-/m1/s1. The van der Waals surface area contributed by atoms with Gasteiger partial charge in [-0.1, -0.05) is 64.7 Å². The van der Waals surface area contributed by atoms with Crippen molar-refractivity contribution in [3.63, 3.8) is 0 Å². The van der Waals surface area contributed by atoms with Crippen LogP contribution in [0.15, 0.2) is 0 Å². The highest BCUT2D eigenvalue weighted by Gasteiger charge is 2.23. The molecule has 0 unspecified atom stereocenters. The Kier molecular flexibility index (Phi) is 11.0. The van der Waals surface area contributed by atoms with Gasteiger partial charge in [-0.2, -0.15) is 0 Å². The second-order valence-electron chi connectivity index (χ2n) is 5.21. The first-order valence-electron chi connectivity index (χ1n) is 7.41. The zero-order valence-electron chi connectivity index (χ0n) is 11.9. The van der Waals surface area contributed by atoms with Gasteiger partial charge in [-0.25, -0.2) is 0 Å². The molecule has 0 aromatic carbocycles. The molecule has 0 aromatic rings. The lowest BCUT2D eigenvalue weighted by atomic mass is 10.0. The Morgan fingerprint density at radius 3 is 1.89 bits per heavy atom. The van der Waals surface area contributed by atoms with E-state index in [0.717, 1.165) is 12.8 Å². The number of nitrogens with zero attached hydrogens (tertiary/aromatic N) is 1. The van der Waals surface area contributed by atoms with E-state index in [1.807, 2.05) is 0 Å². The molecule has 4 heteroatoms. The maximum atomic E-state index is 10.4. The smallest absolute Gasteiger partial charge is 0.235 e. The number of nitro groups is 1. The molecule has 0 spiro atoms. The second-order valence-corrected chi connectivity index (χ2v) is 5.21. The van der Waals surface area contributed by atoms with Crippen LogP contribution >= 0.6 is 0 Å². The summed E-state index contributed by atoms with van der Waals surface area (Å²) in [6.07, 6.45) is 10.8. The van der Waals surface area contributed by atoms with Crippen LogP contribution in [-0.2, 0) is 0 Å². The minimum absolute atomic E-state index is 0.404. The topological polar surface area (TPSA) is 63.4 Å². The van der Waals surface area contributed by atoms with Crippen molar-refractivity contribution >= 4 is 0 Å². The number of rotatable bonds is 12. The van der Waals surface area contributed by atoms with Crippen molar-refractivity contribution in [2.24, 2.45) is 0 Å². The van der Waals surface area contributed by atoms with Crippen molar-refractivity contribution in [2.45, 2.75) is 90.2 Å². The summed E-state index contributed by atoms with van der Waals surface area (Å²) in [4.78, 5) is 10.0. The largest absolute Gasteiger partial charge is 0.386 e. The van der Waals surface area contributed by atoms with Gasteiger partial charge in [0.05, 0.1) is 0 Å². The van der Waals surface area contributed by atoms with E-state index < -0.39 is 17.1 Å². The van der Waals surface area contributed by atoms with Gasteiger partial charge in [-0.3, -0.25) is 10.1 Å². The number of aliphatic hydroxyl groups is 1. The molecule has 4 nitrogen and oxygen atoms in total. The summed E-state index contributed by atoms with van der Waals surface area (Å²) in [5.41, 5.74) is 0. The molecule has 0 aliphatic rings. The monoisotopic (exact) mass is 259 g/mol. The number of unbranched alkanes of at least 4 members (excludes halogenated alkanes) is 8. The van der Waals surface area contributed by atoms with E-state index in [0.29, 0.717) is 6.42 Å². The third kappa shape index (κ3) is 9.40. The van der Waals surface area contributed by atoms with Gasteiger partial charge in [0.25, 0.3) is 0 Å². The fraction of sp³-hybridized carbons (Fsp3) is 1.00. The molecule has 0 radical (unpaired) electrons. The van der Waals surface area contributed by atoms with Crippen LogP contribution in [0.1, 0.15) is 78.1 Å². The lowest BCUT2D eigenvalue weighted by molar-refractivity contribution is -0.530. The van der Waals surface area contributed by atoms with Gasteiger partial charge in [-0.15, -0.1) is 0 Å². The maximum Gasteiger partial charge on any atom is 0.235 e. The van der Waals surface area contributed by atoms with Gasteiger partial charge in [0.15, 0.2) is 0 Å². The predicted molar refractivity (Wildman–Crippen MR) is 74.3 cm³/mol. The van der Waals surface area contributed by atoms with Crippen LogP contribution in [0.2, 0.25) is 0 Å². The molecule has 0 rings (SSSR count). The Morgan fingerprint density at radius 1 is 1.00 bits per heavy atom. The zero-order chi connectivity index (χ0) is 13.8. The molecule has 108 valence electrons. The molecule has 0 aliphatic heterocycles. The van der Waals surface area contributed by atoms with Crippen LogP contribution in [0.25, 0.3) is 0 Å². The highest BCUT2D eigenvalue weighted by molar-refractivity contribution is 4.63. The van der Waals surface area contributed by atoms with E-state index in [2.05, 4.69) is 6.92 Å². The maximum absolute atomic E-state index is 10.4. The van der Waals surface area contributed by atoms with E-state index in [9.17, 15) is 15.2 Å². The molecule has 1 N–H and O–H groups in total. The van der Waals surface area contributed by atoms with Gasteiger partial charge in [-0.05, 0) is 6.42 Å². The molecule has 0 heterocycles. The highest BCUT2D eigenvalue weighted by Crippen LogP contribution is 2.12. The van der Waals surface area contributed by atoms with E-state index in [4.69, 9.17) is 0 Å². The number of aliphatic hydroxyl groups excluding tert-OH is 1. The minimum atomic E-state index is -0.834. The van der Waals surface area contributed by atoms with Crippen molar-refractivity contribution in [1.29, 1.82) is 0 Å². The second kappa shape index (κ2) is 11.5. The summed E-state index contributed by atoms with van der Waals surface area (Å²) in [7, 11) is 0. The first kappa shape index (κ1) is 17.4. The molecule has 0 aliphatic carbocycles. The van der Waals surface area contributed by atoms with E-state index in [-0.39, 0.29) is 0 Å². The van der Waals surface area contributed by atoms with E-state index >= 15 is 0 Å². The molecule has 2 atom stereocenters. The van der Waals surface area contributed by atoms with Crippen LogP contribution in [-0.4, -0.2) is 22.2 Å². The van der Waals surface area contributed by atoms with Crippen molar-refractivity contribution < 1.29 is 10.0 Å². The molecule has 0 bridgehead atoms. The van der Waals surface area contributed by atoms with Gasteiger partial charge < -0.3 is 5.11 Å². The highest BCUT2D eigenvalue weighted by atomic mass is 16.6. The fourth-order valence-electron chi connectivity index (χ4n) is 2.05. The van der Waals surface area contributed by atoms with Gasteiger partial charge >= 0.3 is 0 Å². The fourth-order valence-corrected chi connectivity index (χ4v) is 2.05. The van der Waals surface area contributed by atoms with Crippen LogP contribution in [0.3, 0.4) is 0 Å². The van der Waals surface area contributed by atoms with Crippen LogP contribution < -0.4 is 0 Å². The van der Waals surface area contributed by atoms with Crippen LogP contribution in [0, 0.1) is 10.1 Å². The zero-order valence-corrected chi connectivity index (χ0v) is 11.9. The van der Waals surface area contributed by atoms with E-state index in [1.54, 1.807) is 0 Å². The Balaban J connectivity index is 3.27. The number of hydrogen-bond acceptors (Lipinski definition) is 3. The predicted octanol–water partition coefficient (Wildman–Crippen LogP) is 3.93. The molecule has 0 saturated carbocycles. The van der Waals surface area contributed by atoms with Gasteiger partial charge in [0.2, 0.25) is 6.04 Å². The molecule has 0 amide bonds. The van der Waals surface area contributed by atoms with Crippen LogP contribution in [0.4, 0.5) is 0 Å². The Morgan fingerprint density at radius 2 is 1.44 bits per heavy atom.